The van der Waals surface area contributed by atoms with E-state index in [1.54, 1.807) is 135 Å². The minimum atomic E-state index is -2.52. The fourth-order valence-corrected chi connectivity index (χ4v) is 14.8. The maximum atomic E-state index is 8.15. The highest BCUT2D eigenvalue weighted by Crippen LogP contribution is 2.39. The molecule has 0 aliphatic rings. The lowest BCUT2D eigenvalue weighted by Crippen LogP contribution is -2.30. The second-order valence-corrected chi connectivity index (χ2v) is 29.5. The number of rotatable bonds is 12. The lowest BCUT2D eigenvalue weighted by Gasteiger charge is -2.14. The second-order valence-electron chi connectivity index (χ2n) is 29.5. The van der Waals surface area contributed by atoms with Crippen LogP contribution in [0.4, 0.5) is 0 Å². The number of pyridine rings is 4. The molecule has 0 N–H and O–H groups in total. The van der Waals surface area contributed by atoms with Crippen LogP contribution in [-0.4, -0.2) is 0 Å². The standard InChI is InChI=1S/C29H30N.2C28H28N.C27H26N/c1-19-15-22(4)29(23(5)16-19)25-13-14-30(6)28(18-25)27-17-24(12-11-21(27)3)26-10-8-7-9-20(26)2;1-19-9-6-7-12-25(19)23-14-13-20(2)26(17-23)27-18-24(15-16-29(27)5)28-21(3)10-8-11-22(28)4;1-19-10-13-26(22(4)16-19)24-14-15-29(5)28(18-24)27-17-23(12-11-21(27)3)25-9-7-6-8-20(25)2;1-19-9-5-7-11-24(19)22-14-13-21(3)26(17-22)27-18-23(15-16-28(27)4)25-12-8-6-10-20(25)2/h7-18H,1-6H3;2*6-18H,1-5H3;5-18H,1-4H3/q4*+1/i2D3,4D3,5D3;1D3,3D3,4D3;2D3,4D3;1D3,2D3. The minimum Gasteiger partial charge on any atom is -0.201 e. The molecule has 16 rings (SSSR count). The van der Waals surface area contributed by atoms with Crippen LogP contribution < -0.4 is 18.3 Å². The summed E-state index contributed by atoms with van der Waals surface area (Å²) in [7, 11) is 7.59. The van der Waals surface area contributed by atoms with Crippen LogP contribution in [0, 0.1) is 110 Å². The van der Waals surface area contributed by atoms with Crippen LogP contribution in [0.25, 0.3) is 134 Å². The van der Waals surface area contributed by atoms with Gasteiger partial charge in [0.2, 0.25) is 22.8 Å². The van der Waals surface area contributed by atoms with E-state index in [0.717, 1.165) is 106 Å². The Morgan fingerprint density at radius 1 is 0.172 bits per heavy atom. The molecule has 576 valence electrons. The molecule has 116 heavy (non-hydrogen) atoms. The van der Waals surface area contributed by atoms with Crippen molar-refractivity contribution in [2.45, 2.75) is 110 Å². The molecule has 4 heterocycles. The van der Waals surface area contributed by atoms with E-state index >= 15 is 0 Å². The van der Waals surface area contributed by atoms with E-state index in [4.69, 9.17) is 41.1 Å². The van der Waals surface area contributed by atoms with E-state index in [1.165, 1.54) is 30.3 Å². The van der Waals surface area contributed by atoms with Gasteiger partial charge < -0.3 is 0 Å². The summed E-state index contributed by atoms with van der Waals surface area (Å²) in [4.78, 5) is 0. The van der Waals surface area contributed by atoms with Gasteiger partial charge in [0.1, 0.15) is 28.2 Å². The summed E-state index contributed by atoms with van der Waals surface area (Å²) >= 11 is 0. The van der Waals surface area contributed by atoms with Crippen LogP contribution in [0.2, 0.25) is 0 Å². The normalized spacial score (nSPS) is 15.8. The maximum absolute atomic E-state index is 8.15. The number of benzene rings is 12. The van der Waals surface area contributed by atoms with Crippen molar-refractivity contribution < 1.29 is 59.4 Å². The van der Waals surface area contributed by atoms with Crippen molar-refractivity contribution in [2.75, 3.05) is 0 Å². The van der Waals surface area contributed by atoms with Crippen molar-refractivity contribution in [1.29, 1.82) is 0 Å². The predicted molar refractivity (Wildman–Crippen MR) is 491 cm³/mol. The summed E-state index contributed by atoms with van der Waals surface area (Å²) in [5.74, 6) is 0. The lowest BCUT2D eigenvalue weighted by molar-refractivity contribution is -0.660. The summed E-state index contributed by atoms with van der Waals surface area (Å²) in [5, 5.41) is 0. The third-order valence-corrected chi connectivity index (χ3v) is 21.3. The van der Waals surface area contributed by atoms with Crippen LogP contribution in [-0.2, 0) is 28.2 Å². The number of hydrogen-bond donors (Lipinski definition) is 0. The summed E-state index contributed by atoms with van der Waals surface area (Å²) in [6, 6.07) is 86.1. The molecule has 0 radical (unpaired) electrons. The van der Waals surface area contributed by atoms with Crippen LogP contribution in [0.5, 0.6) is 0 Å². The largest absolute Gasteiger partial charge is 0.213 e. The van der Waals surface area contributed by atoms with Gasteiger partial charge in [0.15, 0.2) is 24.8 Å². The van der Waals surface area contributed by atoms with Gasteiger partial charge in [-0.25, -0.2) is 18.3 Å². The third kappa shape index (κ3) is 18.1. The Kier molecular flexibility index (Phi) is 15.8. The van der Waals surface area contributed by atoms with Crippen LogP contribution in [0.1, 0.15) is 130 Å². The molecule has 0 atom stereocenters. The van der Waals surface area contributed by atoms with Crippen LogP contribution >= 0.6 is 0 Å². The molecule has 0 aliphatic carbocycles. The molecular formula is C112H112N4+4. The highest BCUT2D eigenvalue weighted by Gasteiger charge is 2.23. The van der Waals surface area contributed by atoms with Gasteiger partial charge in [-0.05, 0) is 301 Å². The van der Waals surface area contributed by atoms with Crippen molar-refractivity contribution in [1.82, 2.24) is 0 Å². The molecule has 4 aromatic heterocycles. The molecule has 0 saturated carbocycles. The number of aryl methyl sites for hydroxylation is 20. The van der Waals surface area contributed by atoms with Crippen LogP contribution in [0.3, 0.4) is 0 Å². The topological polar surface area (TPSA) is 15.5 Å². The zero-order chi connectivity index (χ0) is 107. The molecule has 4 nitrogen and oxygen atoms in total. The number of nitrogens with zero attached hydrogens (tertiary/aromatic N) is 4. The summed E-state index contributed by atoms with van der Waals surface area (Å²) in [5.41, 5.74) is 23.8. The molecule has 4 heteroatoms. The van der Waals surface area contributed by atoms with Gasteiger partial charge in [-0.1, -0.05) is 230 Å². The van der Waals surface area contributed by atoms with E-state index < -0.39 is 68.5 Å². The molecule has 0 bridgehead atoms. The van der Waals surface area contributed by atoms with Gasteiger partial charge in [-0.3, -0.25) is 0 Å². The van der Waals surface area contributed by atoms with Gasteiger partial charge in [0, 0.05) is 112 Å². The first-order valence-corrected chi connectivity index (χ1v) is 38.2. The van der Waals surface area contributed by atoms with E-state index in [0.29, 0.717) is 72.3 Å². The van der Waals surface area contributed by atoms with Gasteiger partial charge in [-0.2, -0.15) is 0 Å². The van der Waals surface area contributed by atoms with Crippen molar-refractivity contribution in [3.05, 3.63) is 405 Å². The molecular weight excluding hydrogens is 1400 g/mol. The Labute approximate surface area is 733 Å². The summed E-state index contributed by atoms with van der Waals surface area (Å²) in [6.45, 7) is -12.0. The van der Waals surface area contributed by atoms with Crippen molar-refractivity contribution >= 4 is 0 Å². The Bertz CT molecular complexity index is 7390. The lowest BCUT2D eigenvalue weighted by atomic mass is 9.91. The van der Waals surface area contributed by atoms with E-state index in [2.05, 4.69) is 0 Å². The molecule has 0 spiro atoms. The quantitative estimate of drug-likeness (QED) is 0.108. The summed E-state index contributed by atoms with van der Waals surface area (Å²) < 4.78 is 248. The fourth-order valence-electron chi connectivity index (χ4n) is 14.8. The Hall–Kier alpha value is -12.8. The maximum Gasteiger partial charge on any atom is 0.213 e. The van der Waals surface area contributed by atoms with Crippen molar-refractivity contribution in [3.8, 4) is 134 Å². The minimum absolute atomic E-state index is 0.00879. The highest BCUT2D eigenvalue weighted by molar-refractivity contribution is 5.83. The summed E-state index contributed by atoms with van der Waals surface area (Å²) in [6.07, 6.45) is 7.39. The number of aromatic nitrogens is 4. The van der Waals surface area contributed by atoms with Crippen molar-refractivity contribution in [2.24, 2.45) is 28.2 Å². The van der Waals surface area contributed by atoms with Gasteiger partial charge in [-0.15, -0.1) is 0 Å². The average molecular weight is 1540 g/mol. The SMILES string of the molecule is [2H]C([2H])([2H])c1ccccc1-c1ccc(C)c(-c2cc(-c3c(C([2H])([2H])[2H])cc(C)cc3C([2H])([2H])[2H])cc[n+]2C)c1.[2H]C([2H])([2H])c1ccccc1-c1ccc(C)c(-c2cc(-c3c(C([2H])([2H])[2H])cccc3C([2H])([2H])[2H])cc[n+]2C)c1.[2H]C([2H])([2H])c1ccccc1-c1ccc(C)c(-c2cc(-c3ccc(C)cc3C([2H])([2H])[2H])cc[n+]2C)c1.[2H]C([2H])([2H])c1ccccc1-c1ccc(C)c(-c2cc(-c3ccccc3C([2H])([2H])[2H])cc[n+]2C)c1. The van der Waals surface area contributed by atoms with Gasteiger partial charge in [0.25, 0.3) is 0 Å². The van der Waals surface area contributed by atoms with E-state index in [-0.39, 0.29) is 44.5 Å². The van der Waals surface area contributed by atoms with E-state index in [9.17, 15) is 0 Å². The molecule has 0 amide bonds. The number of hydrogen-bond acceptors (Lipinski definition) is 0. The molecule has 0 aliphatic heterocycles. The Morgan fingerprint density at radius 3 is 0.716 bits per heavy atom. The molecule has 16 aromatic rings. The van der Waals surface area contributed by atoms with E-state index in [1.807, 2.05) is 239 Å². The second kappa shape index (κ2) is 35.7. The Morgan fingerprint density at radius 2 is 0.414 bits per heavy atom. The molecule has 12 aromatic carbocycles. The predicted octanol–water partition coefficient (Wildman–Crippen LogP) is 27.0. The first kappa shape index (κ1) is 51.2. The molecule has 0 saturated heterocycles. The van der Waals surface area contributed by atoms with Gasteiger partial charge >= 0.3 is 0 Å². The van der Waals surface area contributed by atoms with Gasteiger partial charge in [0.05, 0.1) is 0 Å². The van der Waals surface area contributed by atoms with Crippen LogP contribution in [0.15, 0.2) is 316 Å². The highest BCUT2D eigenvalue weighted by atomic mass is 14.9. The molecule has 0 unspecified atom stereocenters. The smallest absolute Gasteiger partial charge is 0.201 e. The first-order valence-electron chi connectivity index (χ1n) is 53.2. The third-order valence-electron chi connectivity index (χ3n) is 21.3. The Balaban J connectivity index is 0.000000163. The van der Waals surface area contributed by atoms with Crippen molar-refractivity contribution in [3.63, 3.8) is 0 Å². The monoisotopic (exact) mass is 1540 g/mol. The fraction of sp³-hybridized carbons (Fsp3) is 0.179. The average Bonchev–Trinajstić information content (AvgIpc) is 0.750. The molecule has 0 fully saturated rings. The zero-order valence-electron chi connectivity index (χ0n) is 96.8. The first-order chi connectivity index (χ1) is 67.9. The zero-order valence-corrected chi connectivity index (χ0v) is 66.8.